The number of hydrogen-bond donors (Lipinski definition) is 1. The van der Waals surface area contributed by atoms with Crippen LogP contribution in [0, 0.1) is 6.92 Å². The molecule has 2 aliphatic heterocycles. The zero-order valence-electron chi connectivity index (χ0n) is 16.6. The van der Waals surface area contributed by atoms with Crippen LogP contribution in [0.25, 0.3) is 0 Å². The number of aliphatic hydroxyl groups is 1. The quantitative estimate of drug-likeness (QED) is 0.857. The summed E-state index contributed by atoms with van der Waals surface area (Å²) in [6.45, 7) is 5.08. The molecule has 0 aliphatic carbocycles. The summed E-state index contributed by atoms with van der Waals surface area (Å²) in [7, 11) is 0. The van der Waals surface area contributed by atoms with Gasteiger partial charge in [0.05, 0.1) is 12.6 Å². The van der Waals surface area contributed by atoms with E-state index in [4.69, 9.17) is 4.74 Å². The standard InChI is InChI=1S/C22H30N4O2/c1-17-5-7-19(8-6-17)28-20-9-12-25(13-10-20)21-14-22(24-16-23-21)26-11-3-2-4-18(26)15-27/h5-8,14,16,18,20,27H,2-4,9-13,15H2,1H3. The number of benzene rings is 1. The minimum atomic E-state index is 0.171. The van der Waals surface area contributed by atoms with E-state index in [2.05, 4.69) is 57.0 Å². The molecule has 0 saturated carbocycles. The number of piperidine rings is 2. The van der Waals surface area contributed by atoms with Gasteiger partial charge in [0.25, 0.3) is 0 Å². The second-order valence-electron chi connectivity index (χ2n) is 7.88. The highest BCUT2D eigenvalue weighted by Gasteiger charge is 2.25. The van der Waals surface area contributed by atoms with Crippen molar-refractivity contribution in [1.82, 2.24) is 9.97 Å². The lowest BCUT2D eigenvalue weighted by molar-refractivity contribution is 0.170. The number of nitrogens with zero attached hydrogens (tertiary/aromatic N) is 4. The summed E-state index contributed by atoms with van der Waals surface area (Å²) >= 11 is 0. The molecule has 150 valence electrons. The predicted octanol–water partition coefficient (Wildman–Crippen LogP) is 3.18. The van der Waals surface area contributed by atoms with Crippen molar-refractivity contribution in [2.45, 2.75) is 51.2 Å². The first-order chi connectivity index (χ1) is 13.7. The van der Waals surface area contributed by atoms with Crippen LogP contribution in [0.1, 0.15) is 37.7 Å². The van der Waals surface area contributed by atoms with Crippen LogP contribution in [-0.2, 0) is 0 Å². The highest BCUT2D eigenvalue weighted by molar-refractivity contribution is 5.51. The molecule has 2 saturated heterocycles. The lowest BCUT2D eigenvalue weighted by Crippen LogP contribution is -2.43. The van der Waals surface area contributed by atoms with Crippen LogP contribution in [0.4, 0.5) is 11.6 Å². The summed E-state index contributed by atoms with van der Waals surface area (Å²) in [4.78, 5) is 13.6. The molecule has 6 nitrogen and oxygen atoms in total. The Kier molecular flexibility index (Phi) is 5.95. The Morgan fingerprint density at radius 3 is 2.50 bits per heavy atom. The Morgan fingerprint density at radius 2 is 1.75 bits per heavy atom. The molecule has 0 amide bonds. The molecule has 2 fully saturated rings. The van der Waals surface area contributed by atoms with Crippen LogP contribution in [0.5, 0.6) is 5.75 Å². The van der Waals surface area contributed by atoms with E-state index in [9.17, 15) is 5.11 Å². The molecule has 1 aromatic heterocycles. The number of rotatable bonds is 5. The van der Waals surface area contributed by atoms with Crippen LogP contribution in [-0.4, -0.2) is 53.5 Å². The zero-order valence-corrected chi connectivity index (χ0v) is 16.6. The molecule has 1 N–H and O–H groups in total. The van der Waals surface area contributed by atoms with E-state index in [-0.39, 0.29) is 18.8 Å². The number of anilines is 2. The van der Waals surface area contributed by atoms with Gasteiger partial charge in [0.2, 0.25) is 0 Å². The van der Waals surface area contributed by atoms with E-state index >= 15 is 0 Å². The molecule has 28 heavy (non-hydrogen) atoms. The number of aromatic nitrogens is 2. The Labute approximate surface area is 167 Å². The van der Waals surface area contributed by atoms with Gasteiger partial charge in [-0.25, -0.2) is 9.97 Å². The molecular weight excluding hydrogens is 352 g/mol. The van der Waals surface area contributed by atoms with Gasteiger partial charge in [0.1, 0.15) is 29.8 Å². The van der Waals surface area contributed by atoms with Crippen molar-refractivity contribution in [2.24, 2.45) is 0 Å². The molecule has 1 atom stereocenters. The minimum absolute atomic E-state index is 0.171. The highest BCUT2D eigenvalue weighted by atomic mass is 16.5. The van der Waals surface area contributed by atoms with Crippen molar-refractivity contribution in [1.29, 1.82) is 0 Å². The summed E-state index contributed by atoms with van der Waals surface area (Å²) in [6, 6.07) is 10.5. The second-order valence-corrected chi connectivity index (χ2v) is 7.88. The van der Waals surface area contributed by atoms with Crippen molar-refractivity contribution < 1.29 is 9.84 Å². The maximum atomic E-state index is 9.70. The van der Waals surface area contributed by atoms with Gasteiger partial charge in [0.15, 0.2) is 0 Å². The highest BCUT2D eigenvalue weighted by Crippen LogP contribution is 2.27. The molecule has 0 bridgehead atoms. The molecule has 1 unspecified atom stereocenters. The van der Waals surface area contributed by atoms with E-state index in [1.807, 2.05) is 0 Å². The Bertz CT molecular complexity index is 759. The van der Waals surface area contributed by atoms with Crippen molar-refractivity contribution in [3.05, 3.63) is 42.2 Å². The van der Waals surface area contributed by atoms with Crippen molar-refractivity contribution in [3.63, 3.8) is 0 Å². The van der Waals surface area contributed by atoms with Crippen LogP contribution in [0.3, 0.4) is 0 Å². The number of aryl methyl sites for hydroxylation is 1. The second kappa shape index (κ2) is 8.78. The van der Waals surface area contributed by atoms with Gasteiger partial charge in [0, 0.05) is 38.5 Å². The van der Waals surface area contributed by atoms with Gasteiger partial charge < -0.3 is 19.6 Å². The smallest absolute Gasteiger partial charge is 0.134 e. The monoisotopic (exact) mass is 382 g/mol. The first-order valence-corrected chi connectivity index (χ1v) is 10.4. The zero-order chi connectivity index (χ0) is 19.3. The van der Waals surface area contributed by atoms with Crippen LogP contribution < -0.4 is 14.5 Å². The van der Waals surface area contributed by atoms with Gasteiger partial charge in [-0.05, 0) is 38.3 Å². The topological polar surface area (TPSA) is 61.7 Å². The Balaban J connectivity index is 1.37. The van der Waals surface area contributed by atoms with E-state index < -0.39 is 0 Å². The molecule has 2 aliphatic rings. The van der Waals surface area contributed by atoms with Crippen LogP contribution >= 0.6 is 0 Å². The number of ether oxygens (including phenoxy) is 1. The summed E-state index contributed by atoms with van der Waals surface area (Å²) in [5.74, 6) is 2.86. The molecular formula is C22H30N4O2. The summed E-state index contributed by atoms with van der Waals surface area (Å²) < 4.78 is 6.15. The lowest BCUT2D eigenvalue weighted by Gasteiger charge is -2.36. The molecule has 3 heterocycles. The summed E-state index contributed by atoms with van der Waals surface area (Å²) in [5.41, 5.74) is 1.25. The third kappa shape index (κ3) is 4.38. The van der Waals surface area contributed by atoms with Crippen LogP contribution in [0.15, 0.2) is 36.7 Å². The third-order valence-electron chi connectivity index (χ3n) is 5.86. The molecule has 2 aromatic rings. The van der Waals surface area contributed by atoms with Gasteiger partial charge in [-0.15, -0.1) is 0 Å². The molecule has 6 heteroatoms. The van der Waals surface area contributed by atoms with Gasteiger partial charge in [-0.3, -0.25) is 0 Å². The number of aliphatic hydroxyl groups excluding tert-OH is 1. The Hall–Kier alpha value is -2.34. The average Bonchev–Trinajstić information content (AvgIpc) is 2.76. The maximum Gasteiger partial charge on any atom is 0.134 e. The fraction of sp³-hybridized carbons (Fsp3) is 0.545. The predicted molar refractivity (Wildman–Crippen MR) is 111 cm³/mol. The lowest BCUT2D eigenvalue weighted by atomic mass is 10.0. The first kappa shape index (κ1) is 19.0. The van der Waals surface area contributed by atoms with E-state index in [0.29, 0.717) is 0 Å². The molecule has 4 rings (SSSR count). The average molecular weight is 383 g/mol. The molecule has 0 radical (unpaired) electrons. The number of hydrogen-bond acceptors (Lipinski definition) is 6. The van der Waals surface area contributed by atoms with Gasteiger partial charge >= 0.3 is 0 Å². The van der Waals surface area contributed by atoms with Gasteiger partial charge in [-0.1, -0.05) is 17.7 Å². The van der Waals surface area contributed by atoms with E-state index in [1.165, 1.54) is 12.0 Å². The fourth-order valence-corrected chi connectivity index (χ4v) is 4.17. The fourth-order valence-electron chi connectivity index (χ4n) is 4.17. The van der Waals surface area contributed by atoms with Gasteiger partial charge in [-0.2, -0.15) is 0 Å². The van der Waals surface area contributed by atoms with E-state index in [0.717, 1.165) is 62.7 Å². The summed E-state index contributed by atoms with van der Waals surface area (Å²) in [6.07, 6.45) is 7.22. The first-order valence-electron chi connectivity index (χ1n) is 10.4. The van der Waals surface area contributed by atoms with Crippen molar-refractivity contribution in [2.75, 3.05) is 36.0 Å². The molecule has 1 aromatic carbocycles. The van der Waals surface area contributed by atoms with E-state index in [1.54, 1.807) is 6.33 Å². The third-order valence-corrected chi connectivity index (χ3v) is 5.86. The SMILES string of the molecule is Cc1ccc(OC2CCN(c3cc(N4CCCCC4CO)ncn3)CC2)cc1. The minimum Gasteiger partial charge on any atom is -0.490 e. The maximum absolute atomic E-state index is 9.70. The largest absolute Gasteiger partial charge is 0.490 e. The Morgan fingerprint density at radius 1 is 1.00 bits per heavy atom. The molecule has 0 spiro atoms. The normalized spacial score (nSPS) is 21.0. The van der Waals surface area contributed by atoms with Crippen LogP contribution in [0.2, 0.25) is 0 Å². The van der Waals surface area contributed by atoms with Crippen molar-refractivity contribution in [3.8, 4) is 5.75 Å². The summed E-state index contributed by atoms with van der Waals surface area (Å²) in [5, 5.41) is 9.70. The van der Waals surface area contributed by atoms with Crippen molar-refractivity contribution >= 4 is 11.6 Å².